The monoisotopic (exact) mass is 434 g/mol. The van der Waals surface area contributed by atoms with Crippen LogP contribution in [0.5, 0.6) is 11.5 Å². The van der Waals surface area contributed by atoms with E-state index in [0.29, 0.717) is 35.1 Å². The third-order valence-corrected chi connectivity index (χ3v) is 5.90. The van der Waals surface area contributed by atoms with Crippen molar-refractivity contribution in [1.29, 1.82) is 0 Å². The molecule has 0 aliphatic carbocycles. The number of fused-ring (bicyclic) bond motifs is 1. The van der Waals surface area contributed by atoms with Gasteiger partial charge in [0, 0.05) is 23.6 Å². The van der Waals surface area contributed by atoms with Crippen LogP contribution in [0.1, 0.15) is 31.2 Å². The maximum Gasteiger partial charge on any atom is 0.285 e. The number of H-pyrrole nitrogens is 1. The minimum absolute atomic E-state index is 0.343. The molecular weight excluding hydrogens is 408 g/mol. The Morgan fingerprint density at radius 1 is 1.16 bits per heavy atom. The van der Waals surface area contributed by atoms with Gasteiger partial charge in [-0.25, -0.2) is 9.97 Å². The van der Waals surface area contributed by atoms with E-state index in [1.54, 1.807) is 20.4 Å². The van der Waals surface area contributed by atoms with Gasteiger partial charge in [-0.3, -0.25) is 0 Å². The quantitative estimate of drug-likeness (QED) is 0.454. The highest BCUT2D eigenvalue weighted by Crippen LogP contribution is 2.36. The van der Waals surface area contributed by atoms with Crippen LogP contribution in [-0.4, -0.2) is 52.0 Å². The Morgan fingerprint density at radius 2 is 2.03 bits per heavy atom. The lowest BCUT2D eigenvalue weighted by atomic mass is 10.0. The average Bonchev–Trinajstić information content (AvgIpc) is 3.58. The van der Waals surface area contributed by atoms with E-state index >= 15 is 0 Å². The summed E-state index contributed by atoms with van der Waals surface area (Å²) in [6.45, 7) is 3.15. The van der Waals surface area contributed by atoms with Crippen LogP contribution in [0.15, 0.2) is 28.8 Å². The van der Waals surface area contributed by atoms with Gasteiger partial charge in [-0.15, -0.1) is 10.2 Å². The number of aromatic amines is 1. The van der Waals surface area contributed by atoms with E-state index in [1.165, 1.54) is 6.42 Å². The highest BCUT2D eigenvalue weighted by Gasteiger charge is 2.21. The van der Waals surface area contributed by atoms with Crippen molar-refractivity contribution in [3.05, 3.63) is 35.9 Å². The summed E-state index contributed by atoms with van der Waals surface area (Å²) in [7, 11) is 3.26. The fourth-order valence-corrected chi connectivity index (χ4v) is 4.29. The molecule has 32 heavy (non-hydrogen) atoms. The number of benzene rings is 1. The normalized spacial score (nSPS) is 16.0. The van der Waals surface area contributed by atoms with Crippen molar-refractivity contribution in [3.8, 4) is 34.5 Å². The van der Waals surface area contributed by atoms with Crippen molar-refractivity contribution in [3.63, 3.8) is 0 Å². The number of methoxy groups -OCH3 is 2. The maximum absolute atomic E-state index is 5.87. The highest BCUT2D eigenvalue weighted by atomic mass is 16.5. The predicted molar refractivity (Wildman–Crippen MR) is 120 cm³/mol. The Hall–Kier alpha value is -3.46. The maximum atomic E-state index is 5.87. The first-order valence-electron chi connectivity index (χ1n) is 10.9. The van der Waals surface area contributed by atoms with E-state index in [2.05, 4.69) is 32.4 Å². The minimum atomic E-state index is 0.343. The molecule has 0 radical (unpaired) electrons. The van der Waals surface area contributed by atoms with Gasteiger partial charge in [-0.2, -0.15) is 0 Å². The number of aromatic nitrogens is 5. The molecule has 4 heterocycles. The molecule has 0 unspecified atom stereocenters. The first-order chi connectivity index (χ1) is 15.7. The van der Waals surface area contributed by atoms with Gasteiger partial charge < -0.3 is 24.2 Å². The second-order valence-corrected chi connectivity index (χ2v) is 7.86. The van der Waals surface area contributed by atoms with E-state index in [-0.39, 0.29) is 0 Å². The van der Waals surface area contributed by atoms with Crippen molar-refractivity contribution in [1.82, 2.24) is 30.5 Å². The lowest BCUT2D eigenvalue weighted by Crippen LogP contribution is -2.23. The zero-order chi connectivity index (χ0) is 22.1. The predicted octanol–water partition coefficient (Wildman–Crippen LogP) is 3.55. The van der Waals surface area contributed by atoms with E-state index in [4.69, 9.17) is 18.9 Å². The molecule has 9 nitrogen and oxygen atoms in total. The summed E-state index contributed by atoms with van der Waals surface area (Å²) in [6, 6.07) is 6.25. The Balaban J connectivity index is 1.50. The molecule has 0 saturated carbocycles. The van der Waals surface area contributed by atoms with Crippen LogP contribution in [0.3, 0.4) is 0 Å². The van der Waals surface area contributed by atoms with E-state index in [1.807, 2.05) is 18.2 Å². The van der Waals surface area contributed by atoms with Crippen molar-refractivity contribution < 1.29 is 13.9 Å². The number of hydrogen-bond donors (Lipinski definition) is 2. The van der Waals surface area contributed by atoms with Gasteiger partial charge in [0.1, 0.15) is 0 Å². The SMILES string of the molecule is CCc1c(-c2ccc(OC)c(OC)c2)[nH]c2cnc(-c3nnc(C[C@H]4CCCN4)o3)nc12. The molecule has 5 rings (SSSR count). The summed E-state index contributed by atoms with van der Waals surface area (Å²) in [5.41, 5.74) is 4.76. The molecule has 1 saturated heterocycles. The number of nitrogens with one attached hydrogen (secondary N) is 2. The highest BCUT2D eigenvalue weighted by molar-refractivity contribution is 5.88. The smallest absolute Gasteiger partial charge is 0.285 e. The van der Waals surface area contributed by atoms with E-state index in [9.17, 15) is 0 Å². The number of aryl methyl sites for hydroxylation is 1. The lowest BCUT2D eigenvalue weighted by Gasteiger charge is -2.09. The van der Waals surface area contributed by atoms with Gasteiger partial charge in [0.25, 0.3) is 5.89 Å². The van der Waals surface area contributed by atoms with Gasteiger partial charge in [0.2, 0.25) is 11.7 Å². The molecule has 3 aromatic heterocycles. The number of ether oxygens (including phenoxy) is 2. The number of nitrogens with zero attached hydrogens (tertiary/aromatic N) is 4. The van der Waals surface area contributed by atoms with Crippen molar-refractivity contribution in [2.45, 2.75) is 38.6 Å². The fraction of sp³-hybridized carbons (Fsp3) is 0.391. The van der Waals surface area contributed by atoms with E-state index in [0.717, 1.165) is 53.7 Å². The van der Waals surface area contributed by atoms with Crippen LogP contribution < -0.4 is 14.8 Å². The summed E-state index contributed by atoms with van der Waals surface area (Å²) >= 11 is 0. The molecule has 4 aromatic rings. The summed E-state index contributed by atoms with van der Waals surface area (Å²) in [6.07, 6.45) is 5.60. The lowest BCUT2D eigenvalue weighted by molar-refractivity contribution is 0.355. The molecule has 166 valence electrons. The van der Waals surface area contributed by atoms with Crippen LogP contribution in [0.2, 0.25) is 0 Å². The van der Waals surface area contributed by atoms with Gasteiger partial charge in [-0.1, -0.05) is 6.92 Å². The molecule has 1 fully saturated rings. The first kappa shape index (κ1) is 20.4. The second kappa shape index (κ2) is 8.58. The Bertz CT molecular complexity index is 1240. The van der Waals surface area contributed by atoms with Crippen LogP contribution in [0.25, 0.3) is 34.0 Å². The standard InChI is InChI=1S/C23H26N6O3/c1-4-15-20(13-7-8-17(30-2)18(10-13)31-3)26-16-12-25-22(27-21(15)16)23-29-28-19(32-23)11-14-6-5-9-24-14/h7-8,10,12,14,24,26H,4-6,9,11H2,1-3H3/t14-/m1/s1. The Morgan fingerprint density at radius 3 is 2.78 bits per heavy atom. The first-order valence-corrected chi connectivity index (χ1v) is 10.9. The molecule has 1 atom stereocenters. The van der Waals surface area contributed by atoms with Crippen LogP contribution in [0, 0.1) is 0 Å². The Kier molecular flexibility index (Phi) is 5.48. The van der Waals surface area contributed by atoms with Crippen molar-refractivity contribution >= 4 is 11.0 Å². The number of rotatable bonds is 7. The summed E-state index contributed by atoms with van der Waals surface area (Å²) < 4.78 is 16.7. The topological polar surface area (TPSA) is 111 Å². The molecule has 1 aliphatic heterocycles. The Labute approximate surface area is 185 Å². The second-order valence-electron chi connectivity index (χ2n) is 7.86. The van der Waals surface area contributed by atoms with E-state index < -0.39 is 0 Å². The fourth-order valence-electron chi connectivity index (χ4n) is 4.29. The molecule has 9 heteroatoms. The van der Waals surface area contributed by atoms with Gasteiger partial charge in [-0.05, 0) is 44.0 Å². The molecule has 0 spiro atoms. The van der Waals surface area contributed by atoms with Crippen LogP contribution in [-0.2, 0) is 12.8 Å². The number of hydrogen-bond acceptors (Lipinski definition) is 8. The zero-order valence-corrected chi connectivity index (χ0v) is 18.4. The molecule has 1 aliphatic rings. The molecular formula is C23H26N6O3. The van der Waals surface area contributed by atoms with Gasteiger partial charge in [0.15, 0.2) is 11.5 Å². The molecule has 1 aromatic carbocycles. The zero-order valence-electron chi connectivity index (χ0n) is 18.4. The molecule has 0 bridgehead atoms. The average molecular weight is 435 g/mol. The summed E-state index contributed by atoms with van der Waals surface area (Å²) in [5, 5.41) is 11.8. The summed E-state index contributed by atoms with van der Waals surface area (Å²) in [4.78, 5) is 12.7. The molecule has 2 N–H and O–H groups in total. The van der Waals surface area contributed by atoms with Crippen molar-refractivity contribution in [2.75, 3.05) is 20.8 Å². The van der Waals surface area contributed by atoms with Crippen LogP contribution in [0.4, 0.5) is 0 Å². The van der Waals surface area contributed by atoms with Gasteiger partial charge >= 0.3 is 0 Å². The molecule has 0 amide bonds. The van der Waals surface area contributed by atoms with Crippen molar-refractivity contribution in [2.24, 2.45) is 0 Å². The minimum Gasteiger partial charge on any atom is -0.493 e. The van der Waals surface area contributed by atoms with Crippen LogP contribution >= 0.6 is 0 Å². The third kappa shape index (κ3) is 3.69. The largest absolute Gasteiger partial charge is 0.493 e. The third-order valence-electron chi connectivity index (χ3n) is 5.90. The summed E-state index contributed by atoms with van der Waals surface area (Å²) in [5.74, 6) is 2.75. The van der Waals surface area contributed by atoms with Gasteiger partial charge in [0.05, 0.1) is 37.1 Å².